The number of nitriles is 2. The van der Waals surface area contributed by atoms with E-state index in [1.807, 2.05) is 6.07 Å². The first-order valence-electron chi connectivity index (χ1n) is 5.62. The summed E-state index contributed by atoms with van der Waals surface area (Å²) in [5, 5.41) is 18.2. The maximum atomic E-state index is 13.7. The molecule has 0 aliphatic rings. The molecule has 0 aliphatic heterocycles. The molecule has 20 heavy (non-hydrogen) atoms. The third kappa shape index (κ3) is 2.00. The maximum absolute atomic E-state index is 13.7. The van der Waals surface area contributed by atoms with E-state index in [1.54, 1.807) is 13.0 Å². The van der Waals surface area contributed by atoms with Crippen LogP contribution >= 0.6 is 0 Å². The van der Waals surface area contributed by atoms with Crippen molar-refractivity contribution in [1.29, 1.82) is 10.5 Å². The number of H-pyrrole nitrogens is 1. The summed E-state index contributed by atoms with van der Waals surface area (Å²) < 4.78 is 13.7. The summed E-state index contributed by atoms with van der Waals surface area (Å²) in [4.78, 5) is 14.0. The van der Waals surface area contributed by atoms with Crippen LogP contribution < -0.4 is 11.3 Å². The van der Waals surface area contributed by atoms with E-state index in [0.29, 0.717) is 5.56 Å². The van der Waals surface area contributed by atoms with Gasteiger partial charge in [-0.15, -0.1) is 0 Å². The van der Waals surface area contributed by atoms with Gasteiger partial charge in [-0.2, -0.15) is 10.5 Å². The highest BCUT2D eigenvalue weighted by Crippen LogP contribution is 2.29. The number of pyridine rings is 1. The highest BCUT2D eigenvalue weighted by atomic mass is 19.1. The van der Waals surface area contributed by atoms with Crippen LogP contribution in [0.3, 0.4) is 0 Å². The first-order valence-corrected chi connectivity index (χ1v) is 5.62. The smallest absolute Gasteiger partial charge is 0.268 e. The van der Waals surface area contributed by atoms with Crippen molar-refractivity contribution in [2.75, 3.05) is 5.73 Å². The van der Waals surface area contributed by atoms with Gasteiger partial charge in [0.05, 0.1) is 0 Å². The molecule has 0 atom stereocenters. The fraction of sp³-hybridized carbons (Fsp3) is 0.0714. The lowest BCUT2D eigenvalue weighted by Crippen LogP contribution is -2.16. The Morgan fingerprint density at radius 1 is 1.25 bits per heavy atom. The number of hydrogen-bond acceptors (Lipinski definition) is 4. The van der Waals surface area contributed by atoms with Crippen molar-refractivity contribution in [3.63, 3.8) is 0 Å². The average molecular weight is 268 g/mol. The van der Waals surface area contributed by atoms with Crippen molar-refractivity contribution in [2.24, 2.45) is 0 Å². The van der Waals surface area contributed by atoms with E-state index in [1.165, 1.54) is 18.2 Å². The number of hydrogen-bond donors (Lipinski definition) is 2. The fourth-order valence-electron chi connectivity index (χ4n) is 1.88. The molecule has 2 rings (SSSR count). The lowest BCUT2D eigenvalue weighted by Gasteiger charge is -2.09. The number of rotatable bonds is 1. The summed E-state index contributed by atoms with van der Waals surface area (Å²) in [6.07, 6.45) is 0. The monoisotopic (exact) mass is 268 g/mol. The Morgan fingerprint density at radius 2 is 1.90 bits per heavy atom. The lowest BCUT2D eigenvalue weighted by atomic mass is 9.96. The van der Waals surface area contributed by atoms with Crippen LogP contribution in [0.25, 0.3) is 11.1 Å². The number of nitrogen functional groups attached to an aromatic ring is 1. The van der Waals surface area contributed by atoms with Gasteiger partial charge in [0.2, 0.25) is 0 Å². The molecule has 0 saturated heterocycles. The number of aromatic amines is 1. The molecule has 0 saturated carbocycles. The second-order valence-corrected chi connectivity index (χ2v) is 4.18. The molecule has 1 aromatic heterocycles. The van der Waals surface area contributed by atoms with Crippen molar-refractivity contribution < 1.29 is 4.39 Å². The van der Waals surface area contributed by atoms with Crippen LogP contribution in [-0.2, 0) is 0 Å². The van der Waals surface area contributed by atoms with Crippen molar-refractivity contribution in [3.05, 3.63) is 51.1 Å². The van der Waals surface area contributed by atoms with Crippen molar-refractivity contribution in [1.82, 2.24) is 4.98 Å². The van der Waals surface area contributed by atoms with Gasteiger partial charge in [-0.3, -0.25) is 4.79 Å². The third-order valence-corrected chi connectivity index (χ3v) is 2.93. The molecule has 0 spiro atoms. The van der Waals surface area contributed by atoms with E-state index in [0.717, 1.165) is 0 Å². The van der Waals surface area contributed by atoms with Crippen LogP contribution in [-0.4, -0.2) is 4.98 Å². The molecule has 6 heteroatoms. The van der Waals surface area contributed by atoms with E-state index in [9.17, 15) is 9.18 Å². The van der Waals surface area contributed by atoms with Crippen molar-refractivity contribution in [3.8, 4) is 23.3 Å². The minimum absolute atomic E-state index is 0.0511. The van der Waals surface area contributed by atoms with Gasteiger partial charge in [0.1, 0.15) is 34.9 Å². The maximum Gasteiger partial charge on any atom is 0.268 e. The van der Waals surface area contributed by atoms with Gasteiger partial charge in [-0.1, -0.05) is 12.1 Å². The summed E-state index contributed by atoms with van der Waals surface area (Å²) in [5.74, 6) is -0.637. The van der Waals surface area contributed by atoms with Gasteiger partial charge < -0.3 is 10.7 Å². The SMILES string of the molecule is Cc1ccc(-c2c(C#N)c(N)[nH]c(=O)c2C#N)cc1F. The molecule has 98 valence electrons. The summed E-state index contributed by atoms with van der Waals surface area (Å²) in [6, 6.07) is 7.77. The van der Waals surface area contributed by atoms with Crippen LogP contribution in [0, 0.1) is 35.4 Å². The highest BCUT2D eigenvalue weighted by molar-refractivity contribution is 5.80. The van der Waals surface area contributed by atoms with E-state index in [-0.39, 0.29) is 28.1 Å². The molecule has 0 bridgehead atoms. The molecule has 2 aromatic rings. The fourth-order valence-corrected chi connectivity index (χ4v) is 1.88. The molecule has 0 fully saturated rings. The van der Waals surface area contributed by atoms with E-state index >= 15 is 0 Å². The van der Waals surface area contributed by atoms with Gasteiger partial charge in [0.25, 0.3) is 5.56 Å². The molecule has 0 radical (unpaired) electrons. The Balaban J connectivity index is 2.92. The Kier molecular flexibility index (Phi) is 3.24. The first kappa shape index (κ1) is 13.3. The third-order valence-electron chi connectivity index (χ3n) is 2.93. The van der Waals surface area contributed by atoms with Crippen LogP contribution in [0.15, 0.2) is 23.0 Å². The van der Waals surface area contributed by atoms with Gasteiger partial charge in [-0.05, 0) is 24.1 Å². The molecular formula is C14H9FN4O. The van der Waals surface area contributed by atoms with Crippen LogP contribution in [0.5, 0.6) is 0 Å². The van der Waals surface area contributed by atoms with Crippen LogP contribution in [0.4, 0.5) is 10.2 Å². The zero-order valence-electron chi connectivity index (χ0n) is 10.5. The van der Waals surface area contributed by atoms with Crippen molar-refractivity contribution >= 4 is 5.82 Å². The average Bonchev–Trinajstić information content (AvgIpc) is 2.41. The van der Waals surface area contributed by atoms with Gasteiger partial charge >= 0.3 is 0 Å². The molecule has 3 N–H and O–H groups in total. The van der Waals surface area contributed by atoms with E-state index < -0.39 is 11.4 Å². The number of anilines is 1. The van der Waals surface area contributed by atoms with E-state index in [4.69, 9.17) is 16.3 Å². The van der Waals surface area contributed by atoms with Crippen LogP contribution in [0.2, 0.25) is 0 Å². The molecule has 1 aromatic carbocycles. The van der Waals surface area contributed by atoms with Gasteiger partial charge in [-0.25, -0.2) is 4.39 Å². The van der Waals surface area contributed by atoms with Crippen molar-refractivity contribution in [2.45, 2.75) is 6.92 Å². The zero-order valence-corrected chi connectivity index (χ0v) is 10.5. The standard InChI is InChI=1S/C14H9FN4O/c1-7-2-3-8(4-11(7)15)12-9(5-16)13(18)19-14(20)10(12)6-17/h2-4H,1H3,(H3,18,19,20). The quantitative estimate of drug-likeness (QED) is 0.822. The highest BCUT2D eigenvalue weighted by Gasteiger charge is 2.18. The molecule has 0 amide bonds. The predicted octanol–water partition coefficient (Wildman–Crippen LogP) is 1.81. The van der Waals surface area contributed by atoms with Gasteiger partial charge in [0, 0.05) is 5.56 Å². The summed E-state index contributed by atoms with van der Waals surface area (Å²) in [5.41, 5.74) is 5.29. The molecule has 0 unspecified atom stereocenters. The summed E-state index contributed by atoms with van der Waals surface area (Å²) in [6.45, 7) is 1.59. The van der Waals surface area contributed by atoms with Gasteiger partial charge in [0.15, 0.2) is 0 Å². The Labute approximate surface area is 113 Å². The number of nitrogens with zero attached hydrogens (tertiary/aromatic N) is 2. The number of nitrogens with two attached hydrogens (primary N) is 1. The second-order valence-electron chi connectivity index (χ2n) is 4.18. The largest absolute Gasteiger partial charge is 0.384 e. The summed E-state index contributed by atoms with van der Waals surface area (Å²) in [7, 11) is 0. The molecule has 5 nitrogen and oxygen atoms in total. The minimum Gasteiger partial charge on any atom is -0.384 e. The van der Waals surface area contributed by atoms with Crippen LogP contribution in [0.1, 0.15) is 16.7 Å². The number of aromatic nitrogens is 1. The summed E-state index contributed by atoms with van der Waals surface area (Å²) >= 11 is 0. The number of benzene rings is 1. The molecular weight excluding hydrogens is 259 g/mol. The number of nitrogens with one attached hydrogen (secondary N) is 1. The lowest BCUT2D eigenvalue weighted by molar-refractivity contribution is 0.619. The molecule has 0 aliphatic carbocycles. The topological polar surface area (TPSA) is 106 Å². The minimum atomic E-state index is -0.708. The molecule has 1 heterocycles. The zero-order chi connectivity index (χ0) is 14.9. The second kappa shape index (κ2) is 4.87. The normalized spacial score (nSPS) is 9.80. The first-order chi connectivity index (χ1) is 9.49. The van der Waals surface area contributed by atoms with E-state index in [2.05, 4.69) is 4.98 Å². The number of halogens is 1. The Hall–Kier alpha value is -3.12. The predicted molar refractivity (Wildman–Crippen MR) is 71.0 cm³/mol. The Bertz CT molecular complexity index is 840. The number of aryl methyl sites for hydroxylation is 1. The Morgan fingerprint density at radius 3 is 2.45 bits per heavy atom.